The SMILES string of the molecule is COc1ccc(C(F)(F)F)cc1N1C(C2CCN(c3cccc(F)c3)CC2)=Nc2c(F)cccc2C1CC(=O)O. The fraction of sp³-hybridized carbons (Fsp3) is 0.310. The van der Waals surface area contributed by atoms with Gasteiger partial charge < -0.3 is 19.6 Å². The molecule has 0 aliphatic carbocycles. The third-order valence-corrected chi connectivity index (χ3v) is 7.33. The van der Waals surface area contributed by atoms with Gasteiger partial charge >= 0.3 is 12.1 Å². The Balaban J connectivity index is 1.62. The van der Waals surface area contributed by atoms with Crippen LogP contribution in [-0.4, -0.2) is 37.1 Å². The van der Waals surface area contributed by atoms with Gasteiger partial charge in [0.05, 0.1) is 30.8 Å². The van der Waals surface area contributed by atoms with Crippen LogP contribution in [0.5, 0.6) is 5.75 Å². The minimum atomic E-state index is -4.67. The van der Waals surface area contributed by atoms with Crippen molar-refractivity contribution in [1.82, 2.24) is 0 Å². The predicted octanol–water partition coefficient (Wildman–Crippen LogP) is 6.97. The highest BCUT2D eigenvalue weighted by Crippen LogP contribution is 2.47. The van der Waals surface area contributed by atoms with Crippen molar-refractivity contribution >= 4 is 28.9 Å². The van der Waals surface area contributed by atoms with Crippen LogP contribution in [0.3, 0.4) is 0 Å². The number of halogens is 5. The van der Waals surface area contributed by atoms with Gasteiger partial charge in [0, 0.05) is 30.3 Å². The number of carboxylic acid groups (broad SMARTS) is 1. The summed E-state index contributed by atoms with van der Waals surface area (Å²) in [5.41, 5.74) is -0.0330. The quantitative estimate of drug-likeness (QED) is 0.331. The third kappa shape index (κ3) is 5.32. The molecule has 0 amide bonds. The number of fused-ring (bicyclic) bond motifs is 1. The topological polar surface area (TPSA) is 65.4 Å². The van der Waals surface area contributed by atoms with E-state index in [9.17, 15) is 27.5 Å². The third-order valence-electron chi connectivity index (χ3n) is 7.33. The average molecular weight is 560 g/mol. The fourth-order valence-electron chi connectivity index (χ4n) is 5.46. The molecule has 2 heterocycles. The van der Waals surface area contributed by atoms with Crippen LogP contribution in [-0.2, 0) is 11.0 Å². The van der Waals surface area contributed by atoms with E-state index in [1.165, 1.54) is 48.4 Å². The minimum Gasteiger partial charge on any atom is -0.495 e. The number of ether oxygens (including phenoxy) is 1. The monoisotopic (exact) mass is 559 g/mol. The molecule has 3 aromatic carbocycles. The van der Waals surface area contributed by atoms with Gasteiger partial charge in [-0.05, 0) is 55.3 Å². The van der Waals surface area contributed by atoms with E-state index in [0.29, 0.717) is 31.6 Å². The second-order valence-electron chi connectivity index (χ2n) is 9.76. The largest absolute Gasteiger partial charge is 0.495 e. The van der Waals surface area contributed by atoms with Crippen molar-refractivity contribution in [3.63, 3.8) is 0 Å². The Morgan fingerprint density at radius 2 is 1.77 bits per heavy atom. The lowest BCUT2D eigenvalue weighted by molar-refractivity contribution is -0.138. The molecule has 0 radical (unpaired) electrons. The number of hydrogen-bond acceptors (Lipinski definition) is 5. The van der Waals surface area contributed by atoms with Gasteiger partial charge in [-0.25, -0.2) is 13.8 Å². The molecule has 40 heavy (non-hydrogen) atoms. The van der Waals surface area contributed by atoms with E-state index in [0.717, 1.165) is 12.1 Å². The number of aliphatic carboxylic acids is 1. The summed E-state index contributed by atoms with van der Waals surface area (Å²) < 4.78 is 75.7. The highest BCUT2D eigenvalue weighted by molar-refractivity contribution is 6.05. The molecule has 0 spiro atoms. The highest BCUT2D eigenvalue weighted by Gasteiger charge is 2.40. The van der Waals surface area contributed by atoms with Crippen LogP contribution in [0.1, 0.15) is 36.4 Å². The summed E-state index contributed by atoms with van der Waals surface area (Å²) in [4.78, 5) is 20.1. The molecule has 11 heteroatoms. The standard InChI is InChI=1S/C29H26F5N3O3/c1-40-25-9-8-18(29(32,33)34)14-24(25)37-23(16-26(38)39)21-6-3-7-22(31)27(21)35-28(37)17-10-12-36(13-11-17)20-5-2-4-19(30)15-20/h2-9,14-15,17,23H,10-13,16H2,1H3,(H,38,39). The average Bonchev–Trinajstić information content (AvgIpc) is 2.92. The number of amidine groups is 1. The van der Waals surface area contributed by atoms with Gasteiger partial charge in [-0.1, -0.05) is 18.2 Å². The zero-order valence-corrected chi connectivity index (χ0v) is 21.5. The summed E-state index contributed by atoms with van der Waals surface area (Å²) in [6, 6.07) is 12.3. The number of carboxylic acids is 1. The Morgan fingerprint density at radius 3 is 2.42 bits per heavy atom. The van der Waals surface area contributed by atoms with E-state index in [-0.39, 0.29) is 40.3 Å². The molecule has 1 unspecified atom stereocenters. The van der Waals surface area contributed by atoms with E-state index < -0.39 is 36.0 Å². The first-order valence-electron chi connectivity index (χ1n) is 12.7. The van der Waals surface area contributed by atoms with Gasteiger partial charge in [0.2, 0.25) is 0 Å². The van der Waals surface area contributed by atoms with E-state index in [4.69, 9.17) is 4.74 Å². The molecule has 1 saturated heterocycles. The fourth-order valence-corrected chi connectivity index (χ4v) is 5.46. The summed E-state index contributed by atoms with van der Waals surface area (Å²) >= 11 is 0. The van der Waals surface area contributed by atoms with Crippen molar-refractivity contribution in [3.8, 4) is 5.75 Å². The summed E-state index contributed by atoms with van der Waals surface area (Å²) in [7, 11) is 1.31. The van der Waals surface area contributed by atoms with Gasteiger partial charge in [0.25, 0.3) is 0 Å². The zero-order valence-electron chi connectivity index (χ0n) is 21.5. The molecule has 0 bridgehead atoms. The van der Waals surface area contributed by atoms with Crippen molar-refractivity contribution in [1.29, 1.82) is 0 Å². The molecule has 2 aliphatic heterocycles. The van der Waals surface area contributed by atoms with Crippen molar-refractivity contribution in [2.75, 3.05) is 30.0 Å². The first kappa shape index (κ1) is 27.4. The Bertz CT molecular complexity index is 1450. The molecule has 1 fully saturated rings. The molecule has 0 saturated carbocycles. The Labute approximate surface area is 227 Å². The molecule has 6 nitrogen and oxygen atoms in total. The number of piperidine rings is 1. The molecular weight excluding hydrogens is 533 g/mol. The molecule has 3 aromatic rings. The number of anilines is 2. The number of aliphatic imine (C=N–C) groups is 1. The van der Waals surface area contributed by atoms with E-state index in [1.807, 2.05) is 4.90 Å². The number of hydrogen-bond donors (Lipinski definition) is 1. The molecule has 210 valence electrons. The van der Waals surface area contributed by atoms with Gasteiger partial charge in [0.15, 0.2) is 0 Å². The molecule has 5 rings (SSSR count). The summed E-state index contributed by atoms with van der Waals surface area (Å²) in [6.07, 6.45) is -4.25. The van der Waals surface area contributed by atoms with Crippen LogP contribution >= 0.6 is 0 Å². The lowest BCUT2D eigenvalue weighted by Gasteiger charge is -2.43. The molecule has 2 aliphatic rings. The second-order valence-corrected chi connectivity index (χ2v) is 9.76. The Morgan fingerprint density at radius 1 is 1.05 bits per heavy atom. The maximum Gasteiger partial charge on any atom is 0.416 e. The van der Waals surface area contributed by atoms with Crippen molar-refractivity contribution in [2.45, 2.75) is 31.5 Å². The number of benzene rings is 3. The highest BCUT2D eigenvalue weighted by atomic mass is 19.4. The zero-order chi connectivity index (χ0) is 28.6. The minimum absolute atomic E-state index is 0.00945. The van der Waals surface area contributed by atoms with Gasteiger partial charge in [0.1, 0.15) is 28.9 Å². The van der Waals surface area contributed by atoms with Gasteiger partial charge in [-0.15, -0.1) is 0 Å². The van der Waals surface area contributed by atoms with Gasteiger partial charge in [-0.2, -0.15) is 13.2 Å². The summed E-state index contributed by atoms with van der Waals surface area (Å²) in [5, 5.41) is 9.81. The summed E-state index contributed by atoms with van der Waals surface area (Å²) in [6.45, 7) is 0.961. The molecule has 1 N–H and O–H groups in total. The first-order valence-corrected chi connectivity index (χ1v) is 12.7. The van der Waals surface area contributed by atoms with Crippen LogP contribution in [0.4, 0.5) is 39.0 Å². The molecule has 1 atom stereocenters. The smallest absolute Gasteiger partial charge is 0.416 e. The van der Waals surface area contributed by atoms with E-state index >= 15 is 4.39 Å². The van der Waals surface area contributed by atoms with Crippen molar-refractivity contribution < 1.29 is 36.6 Å². The lowest BCUT2D eigenvalue weighted by Crippen LogP contribution is -2.46. The van der Waals surface area contributed by atoms with Crippen LogP contribution in [0.25, 0.3) is 0 Å². The van der Waals surface area contributed by atoms with Crippen molar-refractivity contribution in [2.24, 2.45) is 10.9 Å². The number of carbonyl (C=O) groups is 1. The number of para-hydroxylation sites is 1. The molecule has 0 aromatic heterocycles. The Hall–Kier alpha value is -4.15. The second kappa shape index (κ2) is 10.8. The predicted molar refractivity (Wildman–Crippen MR) is 140 cm³/mol. The van der Waals surface area contributed by atoms with Crippen molar-refractivity contribution in [3.05, 3.63) is 83.4 Å². The number of rotatable bonds is 6. The maximum atomic E-state index is 15.0. The summed E-state index contributed by atoms with van der Waals surface area (Å²) in [5.74, 6) is -2.24. The van der Waals surface area contributed by atoms with Crippen LogP contribution in [0.15, 0.2) is 65.7 Å². The lowest BCUT2D eigenvalue weighted by atomic mass is 9.89. The Kier molecular flexibility index (Phi) is 7.39. The van der Waals surface area contributed by atoms with Crippen LogP contribution in [0.2, 0.25) is 0 Å². The van der Waals surface area contributed by atoms with Crippen LogP contribution in [0, 0.1) is 17.6 Å². The van der Waals surface area contributed by atoms with Crippen LogP contribution < -0.4 is 14.5 Å². The maximum absolute atomic E-state index is 15.0. The normalized spacial score (nSPS) is 17.9. The number of nitrogens with zero attached hydrogens (tertiary/aromatic N) is 3. The van der Waals surface area contributed by atoms with Gasteiger partial charge in [-0.3, -0.25) is 4.79 Å². The number of alkyl halides is 3. The number of methoxy groups -OCH3 is 1. The first-order chi connectivity index (χ1) is 19.1. The molecular formula is C29H26F5N3O3. The van der Waals surface area contributed by atoms with E-state index in [1.54, 1.807) is 12.1 Å². The van der Waals surface area contributed by atoms with E-state index in [2.05, 4.69) is 4.99 Å².